The predicted molar refractivity (Wildman–Crippen MR) is 86.9 cm³/mol. The molecule has 1 amide bonds. The molecule has 1 atom stereocenters. The van der Waals surface area contributed by atoms with Crippen molar-refractivity contribution in [2.24, 2.45) is 0 Å². The van der Waals surface area contributed by atoms with Crippen molar-refractivity contribution < 1.29 is 13.6 Å². The average Bonchev–Trinajstić information content (AvgIpc) is 2.88. The molecule has 2 aromatic carbocycles. The van der Waals surface area contributed by atoms with Crippen molar-refractivity contribution in [3.63, 3.8) is 0 Å². The van der Waals surface area contributed by atoms with Crippen LogP contribution in [-0.4, -0.2) is 16.9 Å². The van der Waals surface area contributed by atoms with Crippen LogP contribution >= 0.6 is 0 Å². The second kappa shape index (κ2) is 6.08. The van der Waals surface area contributed by atoms with E-state index in [0.29, 0.717) is 17.0 Å². The van der Waals surface area contributed by atoms with Crippen molar-refractivity contribution in [3.8, 4) is 0 Å². The van der Waals surface area contributed by atoms with E-state index in [2.05, 4.69) is 15.6 Å². The van der Waals surface area contributed by atoms with Gasteiger partial charge in [0.25, 0.3) is 0 Å². The van der Waals surface area contributed by atoms with Crippen molar-refractivity contribution in [1.29, 1.82) is 0 Å². The molecule has 0 spiro atoms. The van der Waals surface area contributed by atoms with Crippen LogP contribution in [0.15, 0.2) is 46.9 Å². The summed E-state index contributed by atoms with van der Waals surface area (Å²) in [5.41, 5.74) is 2.31. The van der Waals surface area contributed by atoms with E-state index in [0.717, 1.165) is 5.69 Å². The smallest absolute Gasteiger partial charge is 0.246 e. The van der Waals surface area contributed by atoms with Crippen molar-refractivity contribution in [2.45, 2.75) is 19.9 Å². The van der Waals surface area contributed by atoms with Crippen molar-refractivity contribution in [1.82, 2.24) is 4.98 Å². The number of fused-ring (bicyclic) bond motifs is 1. The molecule has 2 N–H and O–H groups in total. The second-order valence-corrected chi connectivity index (χ2v) is 5.25. The number of nitrogens with one attached hydrogen (secondary N) is 2. The van der Waals surface area contributed by atoms with Crippen LogP contribution < -0.4 is 10.6 Å². The molecule has 1 aromatic heterocycles. The van der Waals surface area contributed by atoms with Crippen LogP contribution in [0, 0.1) is 12.7 Å². The van der Waals surface area contributed by atoms with Crippen LogP contribution in [0.25, 0.3) is 11.1 Å². The number of carbonyl (C=O) groups is 1. The summed E-state index contributed by atoms with van der Waals surface area (Å²) in [6.45, 7) is 3.48. The Hall–Kier alpha value is -2.89. The molecular formula is C17H16FN3O2. The Morgan fingerprint density at radius 1 is 1.26 bits per heavy atom. The molecule has 0 saturated heterocycles. The van der Waals surface area contributed by atoms with Crippen molar-refractivity contribution >= 4 is 28.4 Å². The van der Waals surface area contributed by atoms with Crippen molar-refractivity contribution in [3.05, 3.63) is 54.2 Å². The Bertz CT molecular complexity index is 860. The van der Waals surface area contributed by atoms with Crippen molar-refractivity contribution in [2.75, 3.05) is 10.6 Å². The standard InChI is InChI=1S/C17H16FN3O2/c1-10(17(22)21-14-6-4-3-5-13(14)18)19-12-7-8-16-15(9-12)20-11(2)23-16/h3-10,19H,1-2H3,(H,21,22)/t10-/m0/s1. The third-order valence-corrected chi connectivity index (χ3v) is 3.40. The van der Waals surface area contributed by atoms with Gasteiger partial charge in [-0.05, 0) is 37.3 Å². The molecule has 0 bridgehead atoms. The van der Waals surface area contributed by atoms with Gasteiger partial charge in [-0.2, -0.15) is 0 Å². The molecule has 1 heterocycles. The average molecular weight is 313 g/mol. The highest BCUT2D eigenvalue weighted by molar-refractivity contribution is 5.96. The first-order valence-electron chi connectivity index (χ1n) is 7.22. The molecule has 0 aliphatic heterocycles. The lowest BCUT2D eigenvalue weighted by Gasteiger charge is -2.15. The molecule has 0 saturated carbocycles. The number of rotatable bonds is 4. The maximum absolute atomic E-state index is 13.6. The summed E-state index contributed by atoms with van der Waals surface area (Å²) in [5.74, 6) is -0.207. The number of oxazole rings is 1. The molecule has 5 nitrogen and oxygen atoms in total. The summed E-state index contributed by atoms with van der Waals surface area (Å²) in [7, 11) is 0. The van der Waals surface area contributed by atoms with E-state index in [1.165, 1.54) is 12.1 Å². The minimum absolute atomic E-state index is 0.161. The van der Waals surface area contributed by atoms with Gasteiger partial charge in [0.2, 0.25) is 5.91 Å². The van der Waals surface area contributed by atoms with Crippen LogP contribution in [0.5, 0.6) is 0 Å². The Balaban J connectivity index is 1.70. The molecule has 0 unspecified atom stereocenters. The predicted octanol–water partition coefficient (Wildman–Crippen LogP) is 3.71. The van der Waals surface area contributed by atoms with Gasteiger partial charge in [-0.25, -0.2) is 9.37 Å². The number of nitrogens with zero attached hydrogens (tertiary/aromatic N) is 1. The Morgan fingerprint density at radius 2 is 2.04 bits per heavy atom. The number of benzene rings is 2. The molecule has 0 fully saturated rings. The number of halogens is 1. The van der Waals surface area contributed by atoms with E-state index in [4.69, 9.17) is 4.42 Å². The van der Waals surface area contributed by atoms with Gasteiger partial charge in [0, 0.05) is 12.6 Å². The number of aromatic nitrogens is 1. The molecule has 0 aliphatic rings. The third kappa shape index (κ3) is 3.31. The largest absolute Gasteiger partial charge is 0.441 e. The van der Waals surface area contributed by atoms with E-state index >= 15 is 0 Å². The normalized spacial score (nSPS) is 12.1. The number of amides is 1. The summed E-state index contributed by atoms with van der Waals surface area (Å²) in [5, 5.41) is 5.63. The first kappa shape index (κ1) is 15.0. The first-order chi connectivity index (χ1) is 11.0. The molecule has 23 heavy (non-hydrogen) atoms. The summed E-state index contributed by atoms with van der Waals surface area (Å²) in [4.78, 5) is 16.4. The summed E-state index contributed by atoms with van der Waals surface area (Å²) in [6, 6.07) is 10.9. The zero-order chi connectivity index (χ0) is 16.4. The maximum Gasteiger partial charge on any atom is 0.246 e. The van der Waals surface area contributed by atoms with Gasteiger partial charge < -0.3 is 15.1 Å². The Labute approximate surface area is 132 Å². The zero-order valence-electron chi connectivity index (χ0n) is 12.8. The van der Waals surface area contributed by atoms with Gasteiger partial charge in [0.15, 0.2) is 11.5 Å². The maximum atomic E-state index is 13.6. The van der Waals surface area contributed by atoms with E-state index < -0.39 is 11.9 Å². The highest BCUT2D eigenvalue weighted by atomic mass is 19.1. The monoisotopic (exact) mass is 313 g/mol. The van der Waals surface area contributed by atoms with Crippen LogP contribution in [-0.2, 0) is 4.79 Å². The van der Waals surface area contributed by atoms with E-state index in [1.54, 1.807) is 44.2 Å². The minimum Gasteiger partial charge on any atom is -0.441 e. The number of anilines is 2. The molecule has 0 aliphatic carbocycles. The summed E-state index contributed by atoms with van der Waals surface area (Å²) >= 11 is 0. The molecule has 3 aromatic rings. The Morgan fingerprint density at radius 3 is 2.83 bits per heavy atom. The number of aryl methyl sites for hydroxylation is 1. The highest BCUT2D eigenvalue weighted by Gasteiger charge is 2.15. The Kier molecular flexibility index (Phi) is 3.97. The number of para-hydroxylation sites is 1. The van der Waals surface area contributed by atoms with Crippen LogP contribution in [0.1, 0.15) is 12.8 Å². The minimum atomic E-state index is -0.542. The third-order valence-electron chi connectivity index (χ3n) is 3.40. The van der Waals surface area contributed by atoms with Crippen LogP contribution in [0.2, 0.25) is 0 Å². The van der Waals surface area contributed by atoms with Crippen LogP contribution in [0.4, 0.5) is 15.8 Å². The van der Waals surface area contributed by atoms with E-state index in [9.17, 15) is 9.18 Å². The first-order valence-corrected chi connectivity index (χ1v) is 7.22. The molecule has 3 rings (SSSR count). The molecule has 118 valence electrons. The van der Waals surface area contributed by atoms with Gasteiger partial charge in [0.05, 0.1) is 5.69 Å². The molecule has 6 heteroatoms. The second-order valence-electron chi connectivity index (χ2n) is 5.25. The highest BCUT2D eigenvalue weighted by Crippen LogP contribution is 2.20. The van der Waals surface area contributed by atoms with Gasteiger partial charge >= 0.3 is 0 Å². The topological polar surface area (TPSA) is 67.2 Å². The van der Waals surface area contributed by atoms with Gasteiger partial charge in [-0.1, -0.05) is 12.1 Å². The zero-order valence-corrected chi connectivity index (χ0v) is 12.8. The summed E-state index contributed by atoms with van der Waals surface area (Å²) in [6.07, 6.45) is 0. The molecular weight excluding hydrogens is 297 g/mol. The number of carbonyl (C=O) groups excluding carboxylic acids is 1. The number of hydrogen-bond donors (Lipinski definition) is 2. The van der Waals surface area contributed by atoms with E-state index in [1.807, 2.05) is 0 Å². The summed E-state index contributed by atoms with van der Waals surface area (Å²) < 4.78 is 19.0. The fraction of sp³-hybridized carbons (Fsp3) is 0.176. The lowest BCUT2D eigenvalue weighted by Crippen LogP contribution is -2.32. The SMILES string of the molecule is Cc1nc2cc(N[C@@H](C)C(=O)Nc3ccccc3F)ccc2o1. The van der Waals surface area contributed by atoms with Gasteiger partial charge in [-0.15, -0.1) is 0 Å². The number of hydrogen-bond acceptors (Lipinski definition) is 4. The van der Waals surface area contributed by atoms with Gasteiger partial charge in [0.1, 0.15) is 17.4 Å². The van der Waals surface area contributed by atoms with E-state index in [-0.39, 0.29) is 11.6 Å². The quantitative estimate of drug-likeness (QED) is 0.770. The fourth-order valence-electron chi connectivity index (χ4n) is 2.25. The fourth-order valence-corrected chi connectivity index (χ4v) is 2.25. The lowest BCUT2D eigenvalue weighted by molar-refractivity contribution is -0.116. The molecule has 0 radical (unpaired) electrons. The van der Waals surface area contributed by atoms with Gasteiger partial charge in [-0.3, -0.25) is 4.79 Å². The lowest BCUT2D eigenvalue weighted by atomic mass is 10.2. The van der Waals surface area contributed by atoms with Crippen LogP contribution in [0.3, 0.4) is 0 Å².